The van der Waals surface area contributed by atoms with E-state index in [0.29, 0.717) is 25.2 Å². The van der Waals surface area contributed by atoms with Crippen LogP contribution in [0.5, 0.6) is 0 Å². The number of carbonyl (C=O) groups excluding carboxylic acids is 2. The van der Waals surface area contributed by atoms with Gasteiger partial charge in [-0.05, 0) is 47.2 Å². The van der Waals surface area contributed by atoms with Crippen molar-refractivity contribution in [1.29, 1.82) is 0 Å². The molecule has 0 aliphatic carbocycles. The first-order valence-corrected chi connectivity index (χ1v) is 11.2. The van der Waals surface area contributed by atoms with E-state index in [2.05, 4.69) is 0 Å². The van der Waals surface area contributed by atoms with E-state index >= 15 is 0 Å². The van der Waals surface area contributed by atoms with Crippen molar-refractivity contribution in [3.8, 4) is 0 Å². The van der Waals surface area contributed by atoms with Crippen LogP contribution >= 0.6 is 11.3 Å². The van der Waals surface area contributed by atoms with Crippen molar-refractivity contribution in [3.63, 3.8) is 0 Å². The molecule has 1 heterocycles. The Morgan fingerprint density at radius 1 is 0.903 bits per heavy atom. The minimum absolute atomic E-state index is 0.0212. The van der Waals surface area contributed by atoms with E-state index in [4.69, 9.17) is 0 Å². The van der Waals surface area contributed by atoms with E-state index in [1.807, 2.05) is 61.7 Å². The van der Waals surface area contributed by atoms with Crippen LogP contribution in [0.4, 0.5) is 4.39 Å². The molecule has 0 spiro atoms. The summed E-state index contributed by atoms with van der Waals surface area (Å²) in [5, 5.41) is 1.99. The third-order valence-corrected chi connectivity index (χ3v) is 5.65. The lowest BCUT2D eigenvalue weighted by Gasteiger charge is -2.29. The van der Waals surface area contributed by atoms with E-state index in [1.54, 1.807) is 21.1 Å². The second kappa shape index (κ2) is 10.9. The fraction of sp³-hybridized carbons (Fsp3) is 0.280. The molecular formula is C25H27FN2O2S. The summed E-state index contributed by atoms with van der Waals surface area (Å²) >= 11 is 1.60. The zero-order valence-corrected chi connectivity index (χ0v) is 18.6. The summed E-state index contributed by atoms with van der Waals surface area (Å²) in [7, 11) is 0. The second-order valence-electron chi connectivity index (χ2n) is 7.90. The summed E-state index contributed by atoms with van der Waals surface area (Å²) in [5.74, 6) is -0.587. The molecule has 6 heteroatoms. The average molecular weight is 439 g/mol. The number of thiophene rings is 1. The van der Waals surface area contributed by atoms with Crippen molar-refractivity contribution >= 4 is 23.2 Å². The first kappa shape index (κ1) is 22.7. The lowest BCUT2D eigenvalue weighted by molar-refractivity contribution is -0.133. The summed E-state index contributed by atoms with van der Waals surface area (Å²) in [4.78, 5) is 30.8. The highest BCUT2D eigenvalue weighted by atomic mass is 32.1. The van der Waals surface area contributed by atoms with E-state index in [-0.39, 0.29) is 24.3 Å². The van der Waals surface area contributed by atoms with Crippen LogP contribution in [-0.4, -0.2) is 34.7 Å². The van der Waals surface area contributed by atoms with Gasteiger partial charge in [0.05, 0.1) is 6.54 Å². The molecule has 3 aromatic rings. The molecule has 0 saturated heterocycles. The van der Waals surface area contributed by atoms with Gasteiger partial charge in [0.15, 0.2) is 0 Å². The molecule has 2 aromatic carbocycles. The second-order valence-corrected chi connectivity index (χ2v) is 8.93. The van der Waals surface area contributed by atoms with E-state index < -0.39 is 5.82 Å². The Bertz CT molecular complexity index is 973. The van der Waals surface area contributed by atoms with Gasteiger partial charge in [0.1, 0.15) is 12.4 Å². The predicted octanol–water partition coefficient (Wildman–Crippen LogP) is 5.21. The number of benzene rings is 2. The SMILES string of the molecule is CC(C)CN(CC(=O)N(Cc1ccccc1)Cc1cccs1)C(=O)c1ccc(F)cc1. The third kappa shape index (κ3) is 6.76. The summed E-state index contributed by atoms with van der Waals surface area (Å²) in [5.41, 5.74) is 1.41. The number of halogens is 1. The zero-order valence-electron chi connectivity index (χ0n) is 17.8. The van der Waals surface area contributed by atoms with Crippen molar-refractivity contribution < 1.29 is 14.0 Å². The highest BCUT2D eigenvalue weighted by molar-refractivity contribution is 7.09. The highest BCUT2D eigenvalue weighted by Gasteiger charge is 2.23. The molecule has 0 bridgehead atoms. The number of nitrogens with zero attached hydrogens (tertiary/aromatic N) is 2. The predicted molar refractivity (Wildman–Crippen MR) is 122 cm³/mol. The molecule has 0 radical (unpaired) electrons. The molecule has 0 saturated carbocycles. The fourth-order valence-electron chi connectivity index (χ4n) is 3.33. The Kier molecular flexibility index (Phi) is 7.95. The molecule has 0 aliphatic heterocycles. The monoisotopic (exact) mass is 438 g/mol. The van der Waals surface area contributed by atoms with Crippen molar-refractivity contribution in [2.45, 2.75) is 26.9 Å². The zero-order chi connectivity index (χ0) is 22.2. The molecule has 4 nitrogen and oxygen atoms in total. The summed E-state index contributed by atoms with van der Waals surface area (Å²) in [6.45, 7) is 5.39. The number of hydrogen-bond acceptors (Lipinski definition) is 3. The third-order valence-electron chi connectivity index (χ3n) is 4.79. The van der Waals surface area contributed by atoms with Crippen molar-refractivity contribution in [3.05, 3.63) is 93.9 Å². The van der Waals surface area contributed by atoms with E-state index in [1.165, 1.54) is 24.3 Å². The maximum atomic E-state index is 13.3. The maximum Gasteiger partial charge on any atom is 0.254 e. The van der Waals surface area contributed by atoms with Crippen LogP contribution in [-0.2, 0) is 17.9 Å². The first-order valence-electron chi connectivity index (χ1n) is 10.3. The number of amides is 2. The fourth-order valence-corrected chi connectivity index (χ4v) is 4.04. The Morgan fingerprint density at radius 3 is 2.23 bits per heavy atom. The van der Waals surface area contributed by atoms with Crippen LogP contribution < -0.4 is 0 Å². The first-order chi connectivity index (χ1) is 14.9. The Labute approximate surface area is 186 Å². The highest BCUT2D eigenvalue weighted by Crippen LogP contribution is 2.16. The van der Waals surface area contributed by atoms with Gasteiger partial charge in [0, 0.05) is 23.5 Å². The van der Waals surface area contributed by atoms with Crippen molar-refractivity contribution in [2.24, 2.45) is 5.92 Å². The number of rotatable bonds is 9. The molecule has 0 unspecified atom stereocenters. The Balaban J connectivity index is 1.79. The maximum absolute atomic E-state index is 13.3. The average Bonchev–Trinajstić information content (AvgIpc) is 3.26. The van der Waals surface area contributed by atoms with E-state index in [0.717, 1.165) is 10.4 Å². The van der Waals surface area contributed by atoms with Gasteiger partial charge < -0.3 is 9.80 Å². The van der Waals surface area contributed by atoms with Gasteiger partial charge >= 0.3 is 0 Å². The van der Waals surface area contributed by atoms with Crippen LogP contribution in [0.2, 0.25) is 0 Å². The van der Waals surface area contributed by atoms with Gasteiger partial charge in [-0.2, -0.15) is 0 Å². The van der Waals surface area contributed by atoms with Gasteiger partial charge in [0.2, 0.25) is 5.91 Å². The van der Waals surface area contributed by atoms with Gasteiger partial charge in [0.25, 0.3) is 5.91 Å². The molecule has 0 N–H and O–H groups in total. The van der Waals surface area contributed by atoms with E-state index in [9.17, 15) is 14.0 Å². The standard InChI is InChI=1S/C25H27FN2O2S/c1-19(2)15-28(25(30)21-10-12-22(26)13-11-21)18-24(29)27(17-23-9-6-14-31-23)16-20-7-4-3-5-8-20/h3-14,19H,15-18H2,1-2H3. The molecule has 3 rings (SSSR count). The number of carbonyl (C=O) groups is 2. The Hall–Kier alpha value is -2.99. The minimum Gasteiger partial charge on any atom is -0.332 e. The summed E-state index contributed by atoms with van der Waals surface area (Å²) in [6, 6.07) is 19.3. The minimum atomic E-state index is -0.395. The van der Waals surface area contributed by atoms with Crippen LogP contribution in [0.3, 0.4) is 0 Å². The van der Waals surface area contributed by atoms with Gasteiger partial charge in [-0.3, -0.25) is 9.59 Å². The molecule has 0 atom stereocenters. The van der Waals surface area contributed by atoms with Gasteiger partial charge in [-0.1, -0.05) is 50.2 Å². The lowest BCUT2D eigenvalue weighted by Crippen LogP contribution is -2.43. The summed E-state index contributed by atoms with van der Waals surface area (Å²) in [6.07, 6.45) is 0. The van der Waals surface area contributed by atoms with Crippen LogP contribution in [0.25, 0.3) is 0 Å². The molecular weight excluding hydrogens is 411 g/mol. The molecule has 1 aromatic heterocycles. The quantitative estimate of drug-likeness (QED) is 0.460. The largest absolute Gasteiger partial charge is 0.332 e. The molecule has 0 fully saturated rings. The Morgan fingerprint density at radius 2 is 1.61 bits per heavy atom. The molecule has 31 heavy (non-hydrogen) atoms. The normalized spacial score (nSPS) is 10.8. The number of hydrogen-bond donors (Lipinski definition) is 0. The molecule has 2 amide bonds. The molecule has 0 aliphatic rings. The van der Waals surface area contributed by atoms with Crippen molar-refractivity contribution in [2.75, 3.05) is 13.1 Å². The van der Waals surface area contributed by atoms with Crippen molar-refractivity contribution in [1.82, 2.24) is 9.80 Å². The molecule has 162 valence electrons. The summed E-state index contributed by atoms with van der Waals surface area (Å²) < 4.78 is 13.3. The van der Waals surface area contributed by atoms with Crippen LogP contribution in [0.15, 0.2) is 72.1 Å². The van der Waals surface area contributed by atoms with Crippen LogP contribution in [0.1, 0.15) is 34.6 Å². The lowest BCUT2D eigenvalue weighted by atomic mass is 10.1. The smallest absolute Gasteiger partial charge is 0.254 e. The topological polar surface area (TPSA) is 40.6 Å². The van der Waals surface area contributed by atoms with Crippen LogP contribution in [0, 0.1) is 11.7 Å². The van der Waals surface area contributed by atoms with Gasteiger partial charge in [-0.25, -0.2) is 4.39 Å². The van der Waals surface area contributed by atoms with Gasteiger partial charge in [-0.15, -0.1) is 11.3 Å².